The molecule has 3 nitrogen and oxygen atoms in total. The molecule has 1 aromatic carbocycles. The van der Waals surface area contributed by atoms with Crippen LogP contribution in [-0.2, 0) is 4.79 Å². The lowest BCUT2D eigenvalue weighted by Gasteiger charge is -2.06. The average molecular weight is 215 g/mol. The van der Waals surface area contributed by atoms with Gasteiger partial charge in [-0.2, -0.15) is 0 Å². The largest absolute Gasteiger partial charge is 0.484 e. The fraction of sp³-hybridized carbons (Fsp3) is 0.300. The molecule has 1 aromatic rings. The van der Waals surface area contributed by atoms with Gasteiger partial charge in [-0.25, -0.2) is 0 Å². The topological polar surface area (TPSA) is 46.5 Å². The zero-order valence-corrected chi connectivity index (χ0v) is 8.54. The number of aliphatic hydroxyl groups is 1. The van der Waals surface area contributed by atoms with Crippen molar-refractivity contribution in [1.29, 1.82) is 0 Å². The number of hydrogen-bond donors (Lipinski definition) is 1. The van der Waals surface area contributed by atoms with E-state index in [-0.39, 0.29) is 12.4 Å². The zero-order chi connectivity index (χ0) is 10.6. The van der Waals surface area contributed by atoms with Gasteiger partial charge in [-0.1, -0.05) is 17.7 Å². The van der Waals surface area contributed by atoms with E-state index < -0.39 is 6.61 Å². The van der Waals surface area contributed by atoms with Gasteiger partial charge < -0.3 is 9.84 Å². The summed E-state index contributed by atoms with van der Waals surface area (Å²) in [4.78, 5) is 10.7. The number of Topliss-reactive ketones (excluding diaryl/α,β-unsaturated/α-hetero) is 1. The molecule has 0 atom stereocenters. The van der Waals surface area contributed by atoms with E-state index in [1.807, 2.05) is 13.0 Å². The van der Waals surface area contributed by atoms with Crippen LogP contribution in [0.4, 0.5) is 0 Å². The molecule has 0 aromatic heterocycles. The third-order valence-electron chi connectivity index (χ3n) is 1.65. The highest BCUT2D eigenvalue weighted by atomic mass is 35.5. The van der Waals surface area contributed by atoms with Gasteiger partial charge in [0.1, 0.15) is 19.0 Å². The number of ketones is 1. The molecule has 1 rings (SSSR count). The summed E-state index contributed by atoms with van der Waals surface area (Å²) in [5.41, 5.74) is 1.02. The molecular formula is C10H11ClO3. The van der Waals surface area contributed by atoms with E-state index in [4.69, 9.17) is 21.4 Å². The van der Waals surface area contributed by atoms with E-state index in [9.17, 15) is 4.79 Å². The summed E-state index contributed by atoms with van der Waals surface area (Å²) < 4.78 is 5.10. The lowest BCUT2D eigenvalue weighted by molar-refractivity contribution is -0.123. The summed E-state index contributed by atoms with van der Waals surface area (Å²) in [6.07, 6.45) is 0. The van der Waals surface area contributed by atoms with Crippen LogP contribution in [0.25, 0.3) is 0 Å². The Morgan fingerprint density at radius 2 is 2.29 bits per heavy atom. The Kier molecular flexibility index (Phi) is 3.92. The van der Waals surface area contributed by atoms with E-state index in [1.165, 1.54) is 0 Å². The Hall–Kier alpha value is -1.06. The summed E-state index contributed by atoms with van der Waals surface area (Å²) in [6, 6.07) is 5.28. The number of aryl methyl sites for hydroxylation is 1. The predicted molar refractivity (Wildman–Crippen MR) is 53.8 cm³/mol. The van der Waals surface area contributed by atoms with Crippen molar-refractivity contribution in [2.24, 2.45) is 0 Å². The minimum absolute atomic E-state index is 0.153. The van der Waals surface area contributed by atoms with Gasteiger partial charge in [0.25, 0.3) is 0 Å². The first-order valence-corrected chi connectivity index (χ1v) is 4.53. The second-order valence-corrected chi connectivity index (χ2v) is 3.33. The van der Waals surface area contributed by atoms with Crippen molar-refractivity contribution in [3.05, 3.63) is 28.8 Å². The number of carbonyl (C=O) groups is 1. The maximum absolute atomic E-state index is 10.7. The molecule has 0 bridgehead atoms. The van der Waals surface area contributed by atoms with Gasteiger partial charge in [-0.3, -0.25) is 4.79 Å². The highest BCUT2D eigenvalue weighted by Crippen LogP contribution is 2.24. The van der Waals surface area contributed by atoms with E-state index >= 15 is 0 Å². The van der Waals surface area contributed by atoms with Crippen molar-refractivity contribution in [2.45, 2.75) is 6.92 Å². The van der Waals surface area contributed by atoms with Gasteiger partial charge in [0, 0.05) is 0 Å². The molecule has 0 heterocycles. The zero-order valence-electron chi connectivity index (χ0n) is 7.79. The van der Waals surface area contributed by atoms with Crippen molar-refractivity contribution in [3.63, 3.8) is 0 Å². The number of halogens is 1. The Labute approximate surface area is 87.3 Å². The summed E-state index contributed by atoms with van der Waals surface area (Å²) in [5.74, 6) is 0.0840. The van der Waals surface area contributed by atoms with Gasteiger partial charge in [0.15, 0.2) is 5.78 Å². The first-order chi connectivity index (χ1) is 6.63. The van der Waals surface area contributed by atoms with E-state index in [2.05, 4.69) is 0 Å². The number of benzene rings is 1. The number of hydrogen-bond acceptors (Lipinski definition) is 3. The minimum Gasteiger partial charge on any atom is -0.484 e. The van der Waals surface area contributed by atoms with Crippen LogP contribution >= 0.6 is 11.6 Å². The summed E-state index contributed by atoms with van der Waals surface area (Å²) in [5, 5.41) is 8.93. The third kappa shape index (κ3) is 3.01. The van der Waals surface area contributed by atoms with Crippen LogP contribution in [0.2, 0.25) is 5.02 Å². The molecule has 76 valence electrons. The molecule has 4 heteroatoms. The lowest BCUT2D eigenvalue weighted by atomic mass is 10.2. The van der Waals surface area contributed by atoms with Gasteiger partial charge in [0.05, 0.1) is 5.02 Å². The van der Waals surface area contributed by atoms with Gasteiger partial charge in [-0.05, 0) is 24.6 Å². The van der Waals surface area contributed by atoms with Gasteiger partial charge in [-0.15, -0.1) is 0 Å². The lowest BCUT2D eigenvalue weighted by Crippen LogP contribution is -2.14. The Bertz CT molecular complexity index is 336. The van der Waals surface area contributed by atoms with Crippen LogP contribution in [0.1, 0.15) is 5.56 Å². The monoisotopic (exact) mass is 214 g/mol. The van der Waals surface area contributed by atoms with Crippen molar-refractivity contribution in [1.82, 2.24) is 0 Å². The van der Waals surface area contributed by atoms with Crippen LogP contribution in [-0.4, -0.2) is 24.1 Å². The summed E-state index contributed by atoms with van der Waals surface area (Å²) in [6.45, 7) is 1.25. The summed E-state index contributed by atoms with van der Waals surface area (Å²) in [7, 11) is 0. The van der Waals surface area contributed by atoms with Crippen LogP contribution < -0.4 is 4.74 Å². The molecular weight excluding hydrogens is 204 g/mol. The predicted octanol–water partition coefficient (Wildman–Crippen LogP) is 1.59. The quantitative estimate of drug-likeness (QED) is 0.828. The first kappa shape index (κ1) is 11.0. The summed E-state index contributed by atoms with van der Waals surface area (Å²) >= 11 is 5.86. The molecule has 0 aliphatic carbocycles. The molecule has 0 aliphatic heterocycles. The van der Waals surface area contributed by atoms with Crippen molar-refractivity contribution < 1.29 is 14.6 Å². The van der Waals surface area contributed by atoms with Crippen LogP contribution in [0.5, 0.6) is 5.75 Å². The molecule has 0 radical (unpaired) electrons. The van der Waals surface area contributed by atoms with Gasteiger partial charge >= 0.3 is 0 Å². The fourth-order valence-electron chi connectivity index (χ4n) is 0.927. The molecule has 0 aliphatic rings. The SMILES string of the molecule is Cc1ccc(OCC(=O)CO)c(Cl)c1. The van der Waals surface area contributed by atoms with Crippen LogP contribution in [0.15, 0.2) is 18.2 Å². The number of ether oxygens (including phenoxy) is 1. The van der Waals surface area contributed by atoms with Crippen LogP contribution in [0.3, 0.4) is 0 Å². The smallest absolute Gasteiger partial charge is 0.195 e. The van der Waals surface area contributed by atoms with Gasteiger partial charge in [0.2, 0.25) is 0 Å². The maximum atomic E-state index is 10.7. The van der Waals surface area contributed by atoms with Crippen molar-refractivity contribution in [3.8, 4) is 5.75 Å². The highest BCUT2D eigenvalue weighted by molar-refractivity contribution is 6.32. The molecule has 0 fully saturated rings. The molecule has 0 amide bonds. The normalized spacial score (nSPS) is 9.93. The minimum atomic E-state index is -0.510. The molecule has 0 saturated carbocycles. The molecule has 0 unspecified atom stereocenters. The number of rotatable bonds is 4. The van der Waals surface area contributed by atoms with E-state index in [1.54, 1.807) is 12.1 Å². The second-order valence-electron chi connectivity index (χ2n) is 2.92. The Balaban J connectivity index is 2.63. The molecule has 0 saturated heterocycles. The van der Waals surface area contributed by atoms with Crippen molar-refractivity contribution >= 4 is 17.4 Å². The first-order valence-electron chi connectivity index (χ1n) is 4.15. The Morgan fingerprint density at radius 1 is 1.57 bits per heavy atom. The van der Waals surface area contributed by atoms with E-state index in [0.717, 1.165) is 5.56 Å². The van der Waals surface area contributed by atoms with E-state index in [0.29, 0.717) is 10.8 Å². The fourth-order valence-corrected chi connectivity index (χ4v) is 1.22. The second kappa shape index (κ2) is 4.98. The molecule has 1 N–H and O–H groups in total. The standard InChI is InChI=1S/C10H11ClO3/c1-7-2-3-10(9(11)4-7)14-6-8(13)5-12/h2-4,12H,5-6H2,1H3. The third-order valence-corrected chi connectivity index (χ3v) is 1.95. The number of carbonyl (C=O) groups excluding carboxylic acids is 1. The highest BCUT2D eigenvalue weighted by Gasteiger charge is 2.04. The number of aliphatic hydroxyl groups excluding tert-OH is 1. The Morgan fingerprint density at radius 3 is 2.86 bits per heavy atom. The van der Waals surface area contributed by atoms with Crippen molar-refractivity contribution in [2.75, 3.05) is 13.2 Å². The maximum Gasteiger partial charge on any atom is 0.195 e. The van der Waals surface area contributed by atoms with Crippen LogP contribution in [0, 0.1) is 6.92 Å². The average Bonchev–Trinajstić information content (AvgIpc) is 2.16. The molecule has 0 spiro atoms. The molecule has 14 heavy (non-hydrogen) atoms.